The summed E-state index contributed by atoms with van der Waals surface area (Å²) in [5.74, 6) is 0.795. The molecule has 1 saturated carbocycles. The highest BCUT2D eigenvalue weighted by molar-refractivity contribution is 9.10. The fourth-order valence-corrected chi connectivity index (χ4v) is 2.41. The number of benzene rings is 1. The van der Waals surface area contributed by atoms with Crippen molar-refractivity contribution in [3.8, 4) is 11.8 Å². The molecule has 3 heteroatoms. The first-order valence-electron chi connectivity index (χ1n) is 4.48. The van der Waals surface area contributed by atoms with E-state index in [4.69, 9.17) is 10.00 Å². The Morgan fingerprint density at radius 2 is 2.21 bits per heavy atom. The Labute approximate surface area is 91.6 Å². The van der Waals surface area contributed by atoms with Crippen molar-refractivity contribution in [3.63, 3.8) is 0 Å². The lowest BCUT2D eigenvalue weighted by atomic mass is 9.98. The average Bonchev–Trinajstić information content (AvgIpc) is 2.99. The van der Waals surface area contributed by atoms with E-state index in [1.165, 1.54) is 0 Å². The minimum absolute atomic E-state index is 0.257. The summed E-state index contributed by atoms with van der Waals surface area (Å²) in [6.07, 6.45) is 1.91. The highest BCUT2D eigenvalue weighted by Gasteiger charge is 2.46. The molecule has 0 aromatic heterocycles. The maximum atomic E-state index is 9.09. The van der Waals surface area contributed by atoms with Crippen LogP contribution >= 0.6 is 15.9 Å². The molecule has 0 atom stereocenters. The summed E-state index contributed by atoms with van der Waals surface area (Å²) < 4.78 is 6.11. The summed E-state index contributed by atoms with van der Waals surface area (Å²) in [7, 11) is 1.63. The summed E-state index contributed by atoms with van der Waals surface area (Å²) in [6, 6.07) is 8.18. The van der Waals surface area contributed by atoms with Gasteiger partial charge in [0, 0.05) is 0 Å². The molecule has 0 amide bonds. The van der Waals surface area contributed by atoms with Crippen LogP contribution in [0.2, 0.25) is 0 Å². The lowest BCUT2D eigenvalue weighted by molar-refractivity contribution is 0.411. The van der Waals surface area contributed by atoms with Crippen molar-refractivity contribution in [2.45, 2.75) is 18.3 Å². The number of hydrogen-bond donors (Lipinski definition) is 0. The van der Waals surface area contributed by atoms with Gasteiger partial charge < -0.3 is 4.74 Å². The molecule has 14 heavy (non-hydrogen) atoms. The van der Waals surface area contributed by atoms with Gasteiger partial charge in [0.15, 0.2) is 0 Å². The number of halogens is 1. The van der Waals surface area contributed by atoms with Crippen molar-refractivity contribution >= 4 is 15.9 Å². The molecule has 0 unspecified atom stereocenters. The zero-order valence-electron chi connectivity index (χ0n) is 7.88. The normalized spacial score (nSPS) is 17.2. The third-order valence-corrected chi connectivity index (χ3v) is 3.48. The second kappa shape index (κ2) is 3.29. The Morgan fingerprint density at radius 1 is 1.50 bits per heavy atom. The van der Waals surface area contributed by atoms with Crippen LogP contribution < -0.4 is 4.74 Å². The Morgan fingerprint density at radius 3 is 2.71 bits per heavy atom. The van der Waals surface area contributed by atoms with Crippen molar-refractivity contribution in [2.75, 3.05) is 7.11 Å². The number of methoxy groups -OCH3 is 1. The van der Waals surface area contributed by atoms with Crippen LogP contribution in [-0.4, -0.2) is 7.11 Å². The standard InChI is InChI=1S/C11H10BrNO/c1-14-9-4-2-3-8(10(9)12)11(7-13)5-6-11/h2-4H,5-6H2,1H3. The number of ether oxygens (including phenoxy) is 1. The summed E-state index contributed by atoms with van der Waals surface area (Å²) in [5.41, 5.74) is 0.798. The van der Waals surface area contributed by atoms with Crippen molar-refractivity contribution in [1.82, 2.24) is 0 Å². The quantitative estimate of drug-likeness (QED) is 0.810. The van der Waals surface area contributed by atoms with Gasteiger partial charge in [0.1, 0.15) is 5.75 Å². The third kappa shape index (κ3) is 1.31. The zero-order chi connectivity index (χ0) is 10.2. The van der Waals surface area contributed by atoms with E-state index in [1.54, 1.807) is 7.11 Å². The molecule has 0 spiro atoms. The van der Waals surface area contributed by atoms with Gasteiger partial charge in [-0.05, 0) is 40.4 Å². The molecular formula is C11H10BrNO. The maximum absolute atomic E-state index is 9.09. The molecule has 1 aliphatic rings. The summed E-state index contributed by atoms with van der Waals surface area (Å²) >= 11 is 3.48. The molecular weight excluding hydrogens is 242 g/mol. The smallest absolute Gasteiger partial charge is 0.133 e. The van der Waals surface area contributed by atoms with E-state index in [0.717, 1.165) is 28.6 Å². The largest absolute Gasteiger partial charge is 0.496 e. The van der Waals surface area contributed by atoms with Crippen molar-refractivity contribution in [1.29, 1.82) is 5.26 Å². The minimum atomic E-state index is -0.257. The van der Waals surface area contributed by atoms with Gasteiger partial charge >= 0.3 is 0 Å². The molecule has 1 aliphatic carbocycles. The summed E-state index contributed by atoms with van der Waals surface area (Å²) in [6.45, 7) is 0. The highest BCUT2D eigenvalue weighted by atomic mass is 79.9. The molecule has 0 radical (unpaired) electrons. The molecule has 2 rings (SSSR count). The predicted molar refractivity (Wildman–Crippen MR) is 57.2 cm³/mol. The van der Waals surface area contributed by atoms with E-state index < -0.39 is 0 Å². The summed E-state index contributed by atoms with van der Waals surface area (Å²) in [5, 5.41) is 9.09. The zero-order valence-corrected chi connectivity index (χ0v) is 9.47. The summed E-state index contributed by atoms with van der Waals surface area (Å²) in [4.78, 5) is 0. The first-order valence-corrected chi connectivity index (χ1v) is 5.27. The van der Waals surface area contributed by atoms with Gasteiger partial charge in [-0.1, -0.05) is 12.1 Å². The van der Waals surface area contributed by atoms with Crippen LogP contribution in [0.1, 0.15) is 18.4 Å². The molecule has 0 bridgehead atoms. The van der Waals surface area contributed by atoms with E-state index in [2.05, 4.69) is 22.0 Å². The van der Waals surface area contributed by atoms with Crippen LogP contribution in [0.25, 0.3) is 0 Å². The molecule has 72 valence electrons. The first-order chi connectivity index (χ1) is 6.73. The van der Waals surface area contributed by atoms with Gasteiger partial charge in [0.2, 0.25) is 0 Å². The van der Waals surface area contributed by atoms with E-state index in [1.807, 2.05) is 18.2 Å². The van der Waals surface area contributed by atoms with Crippen molar-refractivity contribution < 1.29 is 4.74 Å². The van der Waals surface area contributed by atoms with Gasteiger partial charge in [0.25, 0.3) is 0 Å². The van der Waals surface area contributed by atoms with Crippen LogP contribution in [0.5, 0.6) is 5.75 Å². The number of nitriles is 1. The fraction of sp³-hybridized carbons (Fsp3) is 0.364. The second-order valence-corrected chi connectivity index (χ2v) is 4.31. The lowest BCUT2D eigenvalue weighted by Crippen LogP contribution is -2.04. The molecule has 1 aromatic rings. The van der Waals surface area contributed by atoms with E-state index in [9.17, 15) is 0 Å². The van der Waals surface area contributed by atoms with Gasteiger partial charge in [-0.15, -0.1) is 0 Å². The highest BCUT2D eigenvalue weighted by Crippen LogP contribution is 2.51. The van der Waals surface area contributed by atoms with Gasteiger partial charge in [-0.3, -0.25) is 0 Å². The van der Waals surface area contributed by atoms with Crippen LogP contribution in [0.15, 0.2) is 22.7 Å². The predicted octanol–water partition coefficient (Wildman–Crippen LogP) is 3.01. The molecule has 0 heterocycles. The molecule has 1 fully saturated rings. The maximum Gasteiger partial charge on any atom is 0.133 e. The van der Waals surface area contributed by atoms with Crippen molar-refractivity contribution in [2.24, 2.45) is 0 Å². The average molecular weight is 252 g/mol. The second-order valence-electron chi connectivity index (χ2n) is 3.52. The Kier molecular flexibility index (Phi) is 2.24. The van der Waals surface area contributed by atoms with Gasteiger partial charge in [-0.2, -0.15) is 5.26 Å². The Balaban J connectivity index is 2.50. The minimum Gasteiger partial charge on any atom is -0.496 e. The van der Waals surface area contributed by atoms with Crippen LogP contribution in [0.3, 0.4) is 0 Å². The SMILES string of the molecule is COc1cccc(C2(C#N)CC2)c1Br. The first kappa shape index (κ1) is 9.54. The van der Waals surface area contributed by atoms with Crippen LogP contribution in [0, 0.1) is 11.3 Å². The number of rotatable bonds is 2. The Hall–Kier alpha value is -1.01. The molecule has 0 saturated heterocycles. The van der Waals surface area contributed by atoms with E-state index in [0.29, 0.717) is 0 Å². The monoisotopic (exact) mass is 251 g/mol. The molecule has 0 aliphatic heterocycles. The number of hydrogen-bond acceptors (Lipinski definition) is 2. The fourth-order valence-electron chi connectivity index (χ4n) is 1.60. The third-order valence-electron chi connectivity index (χ3n) is 2.66. The molecule has 1 aromatic carbocycles. The van der Waals surface area contributed by atoms with Crippen molar-refractivity contribution in [3.05, 3.63) is 28.2 Å². The van der Waals surface area contributed by atoms with Gasteiger partial charge in [0.05, 0.1) is 23.1 Å². The topological polar surface area (TPSA) is 33.0 Å². The molecule has 2 nitrogen and oxygen atoms in total. The molecule has 0 N–H and O–H groups in total. The van der Waals surface area contributed by atoms with Crippen LogP contribution in [0.4, 0.5) is 0 Å². The van der Waals surface area contributed by atoms with Crippen LogP contribution in [-0.2, 0) is 5.41 Å². The van der Waals surface area contributed by atoms with E-state index >= 15 is 0 Å². The van der Waals surface area contributed by atoms with E-state index in [-0.39, 0.29) is 5.41 Å². The lowest BCUT2D eigenvalue weighted by Gasteiger charge is -2.11. The van der Waals surface area contributed by atoms with Gasteiger partial charge in [-0.25, -0.2) is 0 Å². The Bertz CT molecular complexity index is 404. The number of nitrogens with zero attached hydrogens (tertiary/aromatic N) is 1.